The SMILES string of the molecule is Cc1ccc(C(C)(C)NC(=O)c2sccc2Br)cn1. The van der Waals surface area contributed by atoms with Crippen molar-refractivity contribution in [2.45, 2.75) is 26.3 Å². The summed E-state index contributed by atoms with van der Waals surface area (Å²) in [6.07, 6.45) is 1.80. The summed E-state index contributed by atoms with van der Waals surface area (Å²) in [7, 11) is 0. The van der Waals surface area contributed by atoms with Crippen molar-refractivity contribution in [2.75, 3.05) is 0 Å². The van der Waals surface area contributed by atoms with E-state index in [-0.39, 0.29) is 5.91 Å². The van der Waals surface area contributed by atoms with Crippen molar-refractivity contribution in [1.82, 2.24) is 10.3 Å². The lowest BCUT2D eigenvalue weighted by Crippen LogP contribution is -2.40. The number of hydrogen-bond donors (Lipinski definition) is 1. The maximum Gasteiger partial charge on any atom is 0.263 e. The largest absolute Gasteiger partial charge is 0.342 e. The Balaban J connectivity index is 2.19. The predicted octanol–water partition coefficient (Wildman–Crippen LogP) is 3.88. The van der Waals surface area contributed by atoms with E-state index in [1.807, 2.05) is 44.4 Å². The molecule has 0 unspecified atom stereocenters. The molecule has 2 aromatic heterocycles. The van der Waals surface area contributed by atoms with Gasteiger partial charge in [0, 0.05) is 16.4 Å². The van der Waals surface area contributed by atoms with Crippen LogP contribution in [0.2, 0.25) is 0 Å². The quantitative estimate of drug-likeness (QED) is 0.922. The maximum absolute atomic E-state index is 12.2. The number of nitrogens with one attached hydrogen (secondary N) is 1. The zero-order valence-electron chi connectivity index (χ0n) is 11.0. The second-order valence-electron chi connectivity index (χ2n) is 4.87. The van der Waals surface area contributed by atoms with Gasteiger partial charge in [0.05, 0.1) is 5.54 Å². The number of rotatable bonds is 3. The lowest BCUT2D eigenvalue weighted by molar-refractivity contribution is 0.0915. The van der Waals surface area contributed by atoms with Gasteiger partial charge in [-0.3, -0.25) is 9.78 Å². The number of halogens is 1. The van der Waals surface area contributed by atoms with Gasteiger partial charge in [0.2, 0.25) is 0 Å². The molecule has 2 heterocycles. The second kappa shape index (κ2) is 5.43. The first kappa shape index (κ1) is 14.2. The summed E-state index contributed by atoms with van der Waals surface area (Å²) >= 11 is 4.80. The van der Waals surface area contributed by atoms with Crippen molar-refractivity contribution < 1.29 is 4.79 Å². The normalized spacial score (nSPS) is 11.4. The molecule has 1 amide bonds. The average molecular weight is 339 g/mol. The standard InChI is InChI=1S/C14H15BrN2OS/c1-9-4-5-10(8-16-9)14(2,3)17-13(18)12-11(15)6-7-19-12/h4-8H,1-3H3,(H,17,18). The highest BCUT2D eigenvalue weighted by molar-refractivity contribution is 9.10. The highest BCUT2D eigenvalue weighted by atomic mass is 79.9. The van der Waals surface area contributed by atoms with Crippen LogP contribution in [0, 0.1) is 6.92 Å². The minimum Gasteiger partial charge on any atom is -0.342 e. The Labute approximate surface area is 125 Å². The van der Waals surface area contributed by atoms with Gasteiger partial charge in [0.1, 0.15) is 4.88 Å². The minimum absolute atomic E-state index is 0.0764. The van der Waals surface area contributed by atoms with Gasteiger partial charge < -0.3 is 5.32 Å². The molecule has 0 aliphatic carbocycles. The summed E-state index contributed by atoms with van der Waals surface area (Å²) in [6.45, 7) is 5.88. The molecule has 0 bridgehead atoms. The van der Waals surface area contributed by atoms with Crippen LogP contribution in [-0.2, 0) is 5.54 Å². The van der Waals surface area contributed by atoms with Crippen molar-refractivity contribution in [3.05, 3.63) is 50.4 Å². The number of aryl methyl sites for hydroxylation is 1. The molecule has 2 aromatic rings. The topological polar surface area (TPSA) is 42.0 Å². The lowest BCUT2D eigenvalue weighted by Gasteiger charge is -2.26. The van der Waals surface area contributed by atoms with Crippen LogP contribution in [0.5, 0.6) is 0 Å². The van der Waals surface area contributed by atoms with Crippen LogP contribution in [0.3, 0.4) is 0 Å². The third kappa shape index (κ3) is 3.22. The minimum atomic E-state index is -0.457. The summed E-state index contributed by atoms with van der Waals surface area (Å²) in [6, 6.07) is 5.82. The summed E-state index contributed by atoms with van der Waals surface area (Å²) in [5, 5.41) is 4.93. The number of carbonyl (C=O) groups is 1. The smallest absolute Gasteiger partial charge is 0.263 e. The number of pyridine rings is 1. The third-order valence-corrected chi connectivity index (χ3v) is 4.72. The lowest BCUT2D eigenvalue weighted by atomic mass is 9.95. The summed E-state index contributed by atoms with van der Waals surface area (Å²) in [5.74, 6) is -0.0764. The van der Waals surface area contributed by atoms with Gasteiger partial charge >= 0.3 is 0 Å². The van der Waals surface area contributed by atoms with Gasteiger partial charge in [0.15, 0.2) is 0 Å². The van der Waals surface area contributed by atoms with E-state index >= 15 is 0 Å². The maximum atomic E-state index is 12.2. The zero-order chi connectivity index (χ0) is 14.0. The molecule has 5 heteroatoms. The van der Waals surface area contributed by atoms with E-state index in [1.54, 1.807) is 6.20 Å². The number of amides is 1. The van der Waals surface area contributed by atoms with Crippen LogP contribution in [-0.4, -0.2) is 10.9 Å². The fourth-order valence-electron chi connectivity index (χ4n) is 1.71. The zero-order valence-corrected chi connectivity index (χ0v) is 13.4. The van der Waals surface area contributed by atoms with Crippen LogP contribution in [0.1, 0.15) is 34.8 Å². The van der Waals surface area contributed by atoms with Crippen LogP contribution in [0.4, 0.5) is 0 Å². The van der Waals surface area contributed by atoms with Crippen molar-refractivity contribution in [3.8, 4) is 0 Å². The molecule has 2 rings (SSSR count). The van der Waals surface area contributed by atoms with E-state index in [4.69, 9.17) is 0 Å². The molecular weight excluding hydrogens is 324 g/mol. The van der Waals surface area contributed by atoms with E-state index in [0.717, 1.165) is 15.7 Å². The molecule has 0 spiro atoms. The van der Waals surface area contributed by atoms with Crippen LogP contribution >= 0.6 is 27.3 Å². The van der Waals surface area contributed by atoms with Gasteiger partial charge in [0.25, 0.3) is 5.91 Å². The molecule has 100 valence electrons. The molecule has 0 saturated carbocycles. The van der Waals surface area contributed by atoms with Crippen molar-refractivity contribution >= 4 is 33.2 Å². The van der Waals surface area contributed by atoms with Crippen molar-refractivity contribution in [3.63, 3.8) is 0 Å². The van der Waals surface area contributed by atoms with Gasteiger partial charge in [-0.15, -0.1) is 11.3 Å². The fraction of sp³-hybridized carbons (Fsp3) is 0.286. The summed E-state index contributed by atoms with van der Waals surface area (Å²) < 4.78 is 0.827. The Kier molecular flexibility index (Phi) is 4.06. The van der Waals surface area contributed by atoms with E-state index in [2.05, 4.69) is 26.2 Å². The Morgan fingerprint density at radius 3 is 2.63 bits per heavy atom. The average Bonchev–Trinajstić information content (AvgIpc) is 2.75. The van der Waals surface area contributed by atoms with E-state index in [1.165, 1.54) is 11.3 Å². The molecular formula is C14H15BrN2OS. The first-order chi connectivity index (χ1) is 8.90. The number of aromatic nitrogens is 1. The molecule has 0 aliphatic heterocycles. The van der Waals surface area contributed by atoms with Gasteiger partial charge in [-0.2, -0.15) is 0 Å². The van der Waals surface area contributed by atoms with Gasteiger partial charge in [-0.1, -0.05) is 6.07 Å². The summed E-state index contributed by atoms with van der Waals surface area (Å²) in [4.78, 5) is 17.2. The highest BCUT2D eigenvalue weighted by Crippen LogP contribution is 2.25. The Bertz CT molecular complexity index is 590. The van der Waals surface area contributed by atoms with Crippen LogP contribution in [0.25, 0.3) is 0 Å². The van der Waals surface area contributed by atoms with Crippen LogP contribution < -0.4 is 5.32 Å². The molecule has 1 N–H and O–H groups in total. The summed E-state index contributed by atoms with van der Waals surface area (Å²) in [5.41, 5.74) is 1.49. The molecule has 19 heavy (non-hydrogen) atoms. The van der Waals surface area contributed by atoms with Crippen molar-refractivity contribution in [1.29, 1.82) is 0 Å². The van der Waals surface area contributed by atoms with E-state index < -0.39 is 5.54 Å². The second-order valence-corrected chi connectivity index (χ2v) is 6.64. The molecule has 0 saturated heterocycles. The molecule has 0 radical (unpaired) electrons. The Hall–Kier alpha value is -1.20. The Morgan fingerprint density at radius 2 is 2.11 bits per heavy atom. The monoisotopic (exact) mass is 338 g/mol. The third-order valence-electron chi connectivity index (χ3n) is 2.88. The van der Waals surface area contributed by atoms with E-state index in [0.29, 0.717) is 4.88 Å². The van der Waals surface area contributed by atoms with Gasteiger partial charge in [-0.05, 0) is 59.8 Å². The first-order valence-corrected chi connectivity index (χ1v) is 7.56. The molecule has 0 aliphatic rings. The first-order valence-electron chi connectivity index (χ1n) is 5.89. The molecule has 3 nitrogen and oxygen atoms in total. The number of carbonyl (C=O) groups excluding carboxylic acids is 1. The van der Waals surface area contributed by atoms with Crippen molar-refractivity contribution in [2.24, 2.45) is 0 Å². The van der Waals surface area contributed by atoms with Gasteiger partial charge in [-0.25, -0.2) is 0 Å². The highest BCUT2D eigenvalue weighted by Gasteiger charge is 2.25. The Morgan fingerprint density at radius 1 is 1.37 bits per heavy atom. The van der Waals surface area contributed by atoms with E-state index in [9.17, 15) is 4.79 Å². The number of hydrogen-bond acceptors (Lipinski definition) is 3. The molecule has 0 atom stereocenters. The van der Waals surface area contributed by atoms with Crippen LogP contribution in [0.15, 0.2) is 34.2 Å². The fourth-order valence-corrected chi connectivity index (χ4v) is 3.15. The molecule has 0 fully saturated rings. The molecule has 0 aromatic carbocycles. The number of thiophene rings is 1. The predicted molar refractivity (Wildman–Crippen MR) is 81.5 cm³/mol. The number of nitrogens with zero attached hydrogens (tertiary/aromatic N) is 1.